The number of likely N-dealkylation sites (tertiary alicyclic amines) is 1. The number of hydrogen-bond donors (Lipinski definition) is 3. The predicted octanol–water partition coefficient (Wildman–Crippen LogP) is 2.58. The predicted molar refractivity (Wildman–Crippen MR) is 110 cm³/mol. The lowest BCUT2D eigenvalue weighted by Gasteiger charge is -2.27. The summed E-state index contributed by atoms with van der Waals surface area (Å²) in [5.41, 5.74) is 1.49. The van der Waals surface area contributed by atoms with Crippen molar-refractivity contribution in [2.45, 2.75) is 37.6 Å². The Balaban J connectivity index is 1.45. The summed E-state index contributed by atoms with van der Waals surface area (Å²) in [4.78, 5) is 23.0. The summed E-state index contributed by atoms with van der Waals surface area (Å²) in [6, 6.07) is 5.22. The van der Waals surface area contributed by atoms with Crippen LogP contribution in [0, 0.1) is 0 Å². The van der Waals surface area contributed by atoms with Crippen molar-refractivity contribution >= 4 is 29.5 Å². The van der Waals surface area contributed by atoms with Crippen molar-refractivity contribution < 1.29 is 13.6 Å². The molecule has 3 aliphatic heterocycles. The number of carbonyl (C=O) groups excluding carboxylic acids is 1. The van der Waals surface area contributed by atoms with E-state index < -0.39 is 18.3 Å². The number of fused-ring (bicyclic) bond motifs is 1. The summed E-state index contributed by atoms with van der Waals surface area (Å²) < 4.78 is 27.2. The zero-order valence-electron chi connectivity index (χ0n) is 16.2. The van der Waals surface area contributed by atoms with E-state index in [9.17, 15) is 13.6 Å². The van der Waals surface area contributed by atoms with Crippen LogP contribution in [0.4, 0.5) is 20.2 Å². The van der Waals surface area contributed by atoms with Crippen LogP contribution in [-0.4, -0.2) is 55.1 Å². The number of halogens is 2. The average molecular weight is 402 g/mol. The van der Waals surface area contributed by atoms with Gasteiger partial charge in [0.1, 0.15) is 5.82 Å². The first-order valence-electron chi connectivity index (χ1n) is 9.74. The van der Waals surface area contributed by atoms with Gasteiger partial charge in [-0.1, -0.05) is 6.07 Å². The summed E-state index contributed by atoms with van der Waals surface area (Å²) in [6.45, 7) is 2.04. The van der Waals surface area contributed by atoms with E-state index in [0.717, 1.165) is 25.9 Å². The second-order valence-corrected chi connectivity index (χ2v) is 7.61. The molecule has 3 aliphatic rings. The molecule has 3 N–H and O–H groups in total. The Morgan fingerprint density at radius 2 is 2.07 bits per heavy atom. The normalized spacial score (nSPS) is 23.6. The van der Waals surface area contributed by atoms with Crippen molar-refractivity contribution in [3.8, 4) is 0 Å². The molecule has 4 rings (SSSR count). The lowest BCUT2D eigenvalue weighted by Crippen LogP contribution is -2.40. The van der Waals surface area contributed by atoms with Gasteiger partial charge in [-0.25, -0.2) is 9.98 Å². The van der Waals surface area contributed by atoms with Gasteiger partial charge in [-0.3, -0.25) is 4.79 Å². The number of rotatable bonds is 3. The number of allylic oxidation sites excluding steroid dienone is 1. The van der Waals surface area contributed by atoms with Crippen LogP contribution < -0.4 is 16.0 Å². The number of hydrogen-bond acceptors (Lipinski definition) is 4. The second-order valence-electron chi connectivity index (χ2n) is 7.61. The quantitative estimate of drug-likeness (QED) is 0.726. The van der Waals surface area contributed by atoms with Crippen molar-refractivity contribution in [3.63, 3.8) is 0 Å². The molecule has 0 aliphatic carbocycles. The van der Waals surface area contributed by atoms with Crippen LogP contribution in [0.5, 0.6) is 0 Å². The smallest absolute Gasteiger partial charge is 0.328 e. The molecule has 0 saturated carbocycles. The number of piperidine rings is 1. The average Bonchev–Trinajstić information content (AvgIpc) is 2.89. The molecule has 0 bridgehead atoms. The molecule has 0 atom stereocenters. The van der Waals surface area contributed by atoms with Gasteiger partial charge in [-0.05, 0) is 56.8 Å². The molecule has 1 aromatic carbocycles. The molecule has 7 nitrogen and oxygen atoms in total. The Morgan fingerprint density at radius 3 is 2.86 bits per heavy atom. The number of anilines is 2. The largest absolute Gasteiger partial charge is 0.342 e. The maximum absolute atomic E-state index is 13.6. The first-order valence-corrected chi connectivity index (χ1v) is 9.74. The van der Waals surface area contributed by atoms with Crippen LogP contribution in [0.1, 0.15) is 24.8 Å². The topological polar surface area (TPSA) is 81.1 Å². The molecule has 9 heteroatoms. The molecule has 1 saturated heterocycles. The highest BCUT2D eigenvalue weighted by molar-refractivity contribution is 5.99. The molecule has 154 valence electrons. The molecule has 0 aromatic heterocycles. The van der Waals surface area contributed by atoms with Crippen LogP contribution in [-0.2, 0) is 11.2 Å². The maximum Gasteiger partial charge on any atom is 0.328 e. The van der Waals surface area contributed by atoms with Crippen LogP contribution in [0.25, 0.3) is 0 Å². The number of aliphatic imine (C=N–C) groups is 2. The van der Waals surface area contributed by atoms with E-state index in [1.165, 1.54) is 0 Å². The van der Waals surface area contributed by atoms with E-state index in [1.807, 2.05) is 6.08 Å². The number of benzene rings is 1. The molecule has 0 radical (unpaired) electrons. The molecular formula is C20H24F2N6O. The Morgan fingerprint density at radius 1 is 1.28 bits per heavy atom. The minimum absolute atomic E-state index is 0.242. The third kappa shape index (κ3) is 4.61. The number of carbonyl (C=O) groups is 1. The fraction of sp³-hybridized carbons (Fsp3) is 0.450. The van der Waals surface area contributed by atoms with Gasteiger partial charge in [0.25, 0.3) is 5.91 Å². The van der Waals surface area contributed by atoms with Gasteiger partial charge in [0.2, 0.25) is 5.96 Å². The van der Waals surface area contributed by atoms with Gasteiger partial charge in [-0.15, -0.1) is 0 Å². The van der Waals surface area contributed by atoms with E-state index in [4.69, 9.17) is 4.99 Å². The van der Waals surface area contributed by atoms with Crippen molar-refractivity contribution in [2.24, 2.45) is 9.98 Å². The Labute approximate surface area is 168 Å². The van der Waals surface area contributed by atoms with Gasteiger partial charge < -0.3 is 20.9 Å². The minimum Gasteiger partial charge on any atom is -0.342 e. The molecule has 29 heavy (non-hydrogen) atoms. The first-order chi connectivity index (χ1) is 13.9. The second kappa shape index (κ2) is 7.90. The Hall–Kier alpha value is -2.81. The van der Waals surface area contributed by atoms with Gasteiger partial charge in [-0.2, -0.15) is 8.78 Å². The van der Waals surface area contributed by atoms with Crippen LogP contribution in [0.15, 0.2) is 40.1 Å². The third-order valence-corrected chi connectivity index (χ3v) is 5.26. The Kier molecular flexibility index (Phi) is 5.31. The first kappa shape index (κ1) is 19.5. The van der Waals surface area contributed by atoms with E-state index in [-0.39, 0.29) is 6.04 Å². The van der Waals surface area contributed by atoms with E-state index in [2.05, 4.69) is 32.9 Å². The minimum atomic E-state index is -3.37. The zero-order valence-corrected chi connectivity index (χ0v) is 16.2. The number of nitrogens with zero attached hydrogens (tertiary/aromatic N) is 3. The molecule has 1 aromatic rings. The van der Waals surface area contributed by atoms with E-state index in [1.54, 1.807) is 24.4 Å². The Bertz CT molecular complexity index is 887. The summed E-state index contributed by atoms with van der Waals surface area (Å²) in [5.74, 6) is -3.37. The molecule has 3 heterocycles. The van der Waals surface area contributed by atoms with Crippen molar-refractivity contribution in [2.75, 3.05) is 30.8 Å². The summed E-state index contributed by atoms with van der Waals surface area (Å²) in [6.07, 6.45) is 5.78. The molecule has 0 unspecified atom stereocenters. The van der Waals surface area contributed by atoms with Crippen molar-refractivity contribution in [1.29, 1.82) is 0 Å². The molecular weight excluding hydrogens is 378 g/mol. The number of alkyl halides is 2. The summed E-state index contributed by atoms with van der Waals surface area (Å²) in [7, 11) is 2.11. The fourth-order valence-corrected chi connectivity index (χ4v) is 3.57. The number of guanidine groups is 1. The van der Waals surface area contributed by atoms with Gasteiger partial charge in [0.15, 0.2) is 0 Å². The van der Waals surface area contributed by atoms with Crippen LogP contribution >= 0.6 is 0 Å². The lowest BCUT2D eigenvalue weighted by atomic mass is 9.99. The molecule has 0 spiro atoms. The fourth-order valence-electron chi connectivity index (χ4n) is 3.57. The summed E-state index contributed by atoms with van der Waals surface area (Å²) >= 11 is 0. The third-order valence-electron chi connectivity index (χ3n) is 5.26. The standard InChI is InChI=1S/C20H24F2N6O/c1-28-9-6-14(7-10-28)25-19-23-8-2-3-17(27-19)24-15-5-4-13-12-20(21,22)18(29)26-16(13)11-15/h3-5,8,11,14,24H,2,6-7,9-10,12H2,1H3,(H,25,27)(H,26,29). The van der Waals surface area contributed by atoms with E-state index >= 15 is 0 Å². The monoisotopic (exact) mass is 402 g/mol. The highest BCUT2D eigenvalue weighted by Crippen LogP contribution is 2.33. The van der Waals surface area contributed by atoms with Gasteiger partial charge >= 0.3 is 5.92 Å². The number of nitrogens with one attached hydrogen (secondary N) is 3. The number of amides is 1. The van der Waals surface area contributed by atoms with Crippen LogP contribution in [0.2, 0.25) is 0 Å². The van der Waals surface area contributed by atoms with Gasteiger partial charge in [0.05, 0.1) is 6.04 Å². The highest BCUT2D eigenvalue weighted by atomic mass is 19.3. The van der Waals surface area contributed by atoms with Crippen molar-refractivity contribution in [3.05, 3.63) is 35.7 Å². The highest BCUT2D eigenvalue weighted by Gasteiger charge is 2.43. The maximum atomic E-state index is 13.6. The van der Waals surface area contributed by atoms with E-state index in [0.29, 0.717) is 35.1 Å². The SMILES string of the molecule is CN1CCC(N=C2N=CCC=C(Nc3ccc4c(c3)NC(=O)C(F)(F)C4)N2)CC1. The molecule has 1 amide bonds. The lowest BCUT2D eigenvalue weighted by molar-refractivity contribution is -0.140. The zero-order chi connectivity index (χ0) is 20.4. The molecule has 1 fully saturated rings. The van der Waals surface area contributed by atoms with Gasteiger partial charge in [0, 0.05) is 30.4 Å². The van der Waals surface area contributed by atoms with Crippen molar-refractivity contribution in [1.82, 2.24) is 10.2 Å². The summed E-state index contributed by atoms with van der Waals surface area (Å²) in [5, 5.41) is 8.71. The van der Waals surface area contributed by atoms with Crippen LogP contribution in [0.3, 0.4) is 0 Å².